The maximum atomic E-state index is 13.4. The van der Waals surface area contributed by atoms with Gasteiger partial charge in [-0.15, -0.1) is 0 Å². The number of hydrogen-bond acceptors (Lipinski definition) is 5. The molecular formula is C30H42FN3O4S. The summed E-state index contributed by atoms with van der Waals surface area (Å²) in [5, 5.41) is 2.98. The van der Waals surface area contributed by atoms with Crippen molar-refractivity contribution in [3.8, 4) is 0 Å². The average Bonchev–Trinajstić information content (AvgIpc) is 2.94. The number of carbonyl (C=O) groups is 1. The van der Waals surface area contributed by atoms with E-state index in [1.807, 2.05) is 12.1 Å². The molecule has 2 fully saturated rings. The van der Waals surface area contributed by atoms with Crippen LogP contribution in [0, 0.1) is 17.7 Å². The number of rotatable bonds is 11. The van der Waals surface area contributed by atoms with Crippen molar-refractivity contribution >= 4 is 15.9 Å². The molecule has 7 nitrogen and oxygen atoms in total. The molecule has 1 aliphatic carbocycles. The van der Waals surface area contributed by atoms with E-state index in [1.165, 1.54) is 4.31 Å². The van der Waals surface area contributed by atoms with Gasteiger partial charge in [-0.25, -0.2) is 12.8 Å². The summed E-state index contributed by atoms with van der Waals surface area (Å²) in [5.41, 5.74) is 1.16. The molecule has 1 N–H and O–H groups in total. The largest absolute Gasteiger partial charge is 0.367 e. The Kier molecular flexibility index (Phi) is 10.5. The monoisotopic (exact) mass is 559 g/mol. The predicted molar refractivity (Wildman–Crippen MR) is 150 cm³/mol. The number of hydrogen-bond donors (Lipinski definition) is 1. The number of ether oxygens (including phenoxy) is 1. The summed E-state index contributed by atoms with van der Waals surface area (Å²) in [6, 6.07) is 15.6. The van der Waals surface area contributed by atoms with Gasteiger partial charge in [0.25, 0.3) is 0 Å². The standard InChI is InChI=1S/C30H42FN3O4S/c1-33(2)30(25-14-16-26(31)17-15-25)24-12-10-23(11-13-24)18-19-32-29(35)22-38-27-7-6-20-34(21-27)39(36,37)28-8-4-3-5-9-28/h3-5,8-9,14-17,23-24,27,30H,6-7,10-13,18-22H2,1-2H3,(H,32,35). The van der Waals surface area contributed by atoms with Crippen LogP contribution in [0.25, 0.3) is 0 Å². The Labute approximate surface area is 232 Å². The van der Waals surface area contributed by atoms with Crippen molar-refractivity contribution in [1.29, 1.82) is 0 Å². The molecule has 1 saturated carbocycles. The minimum absolute atomic E-state index is 0.0567. The van der Waals surface area contributed by atoms with Gasteiger partial charge >= 0.3 is 0 Å². The lowest BCUT2D eigenvalue weighted by molar-refractivity contribution is -0.128. The molecule has 2 aromatic rings. The molecule has 2 unspecified atom stereocenters. The normalized spacial score (nSPS) is 23.4. The molecule has 2 aromatic carbocycles. The van der Waals surface area contributed by atoms with Crippen LogP contribution in [0.3, 0.4) is 0 Å². The molecule has 0 spiro atoms. The third kappa shape index (κ3) is 8.10. The summed E-state index contributed by atoms with van der Waals surface area (Å²) in [6.07, 6.45) is 6.57. The van der Waals surface area contributed by atoms with E-state index in [0.29, 0.717) is 31.3 Å². The number of benzene rings is 2. The Hall–Kier alpha value is -2.33. The molecule has 2 atom stereocenters. The van der Waals surface area contributed by atoms with Crippen molar-refractivity contribution in [3.05, 3.63) is 66.0 Å². The number of sulfonamides is 1. The lowest BCUT2D eigenvalue weighted by atomic mass is 9.75. The maximum absolute atomic E-state index is 13.4. The van der Waals surface area contributed by atoms with E-state index in [9.17, 15) is 17.6 Å². The number of carbonyl (C=O) groups excluding carboxylic acids is 1. The van der Waals surface area contributed by atoms with Gasteiger partial charge in [0.2, 0.25) is 15.9 Å². The fourth-order valence-corrected chi connectivity index (χ4v) is 7.64. The number of halogens is 1. The van der Waals surface area contributed by atoms with Gasteiger partial charge < -0.3 is 15.0 Å². The Balaban J connectivity index is 1.15. The first-order valence-corrected chi connectivity index (χ1v) is 15.5. The second-order valence-corrected chi connectivity index (χ2v) is 13.1. The summed E-state index contributed by atoms with van der Waals surface area (Å²) in [7, 11) is 0.619. The zero-order valence-electron chi connectivity index (χ0n) is 23.1. The first-order valence-electron chi connectivity index (χ1n) is 14.1. The average molecular weight is 560 g/mol. The smallest absolute Gasteiger partial charge is 0.246 e. The summed E-state index contributed by atoms with van der Waals surface area (Å²) >= 11 is 0. The van der Waals surface area contributed by atoms with E-state index in [1.54, 1.807) is 42.5 Å². The van der Waals surface area contributed by atoms with Crippen LogP contribution in [0.15, 0.2) is 59.5 Å². The van der Waals surface area contributed by atoms with Gasteiger partial charge in [0.15, 0.2) is 0 Å². The van der Waals surface area contributed by atoms with Gasteiger partial charge in [0.1, 0.15) is 12.4 Å². The van der Waals surface area contributed by atoms with Crippen molar-refractivity contribution in [1.82, 2.24) is 14.5 Å². The van der Waals surface area contributed by atoms with Gasteiger partial charge in [-0.05, 0) is 87.9 Å². The van der Waals surface area contributed by atoms with Crippen LogP contribution in [0.2, 0.25) is 0 Å². The van der Waals surface area contributed by atoms with E-state index >= 15 is 0 Å². The summed E-state index contributed by atoms with van der Waals surface area (Å²) in [6.45, 7) is 1.29. The van der Waals surface area contributed by atoms with Crippen LogP contribution >= 0.6 is 0 Å². The molecule has 1 aliphatic heterocycles. The van der Waals surface area contributed by atoms with Crippen molar-refractivity contribution in [2.24, 2.45) is 11.8 Å². The molecule has 1 heterocycles. The van der Waals surface area contributed by atoms with Crippen LogP contribution in [-0.4, -0.2) is 70.0 Å². The predicted octanol–water partition coefficient (Wildman–Crippen LogP) is 4.61. The fraction of sp³-hybridized carbons (Fsp3) is 0.567. The summed E-state index contributed by atoms with van der Waals surface area (Å²) in [5.74, 6) is 0.749. The Bertz CT molecular complexity index is 1150. The van der Waals surface area contributed by atoms with E-state index in [4.69, 9.17) is 4.74 Å². The number of amides is 1. The van der Waals surface area contributed by atoms with E-state index in [2.05, 4.69) is 24.3 Å². The zero-order valence-corrected chi connectivity index (χ0v) is 23.9. The number of piperidine rings is 1. The maximum Gasteiger partial charge on any atom is 0.246 e. The quantitative estimate of drug-likeness (QED) is 0.435. The van der Waals surface area contributed by atoms with Gasteiger partial charge in [-0.1, -0.05) is 43.2 Å². The van der Waals surface area contributed by atoms with Crippen molar-refractivity contribution in [2.75, 3.05) is 40.3 Å². The van der Waals surface area contributed by atoms with Gasteiger partial charge in [0, 0.05) is 25.7 Å². The molecule has 9 heteroatoms. The molecule has 1 amide bonds. The highest BCUT2D eigenvalue weighted by molar-refractivity contribution is 7.89. The molecule has 0 bridgehead atoms. The molecule has 0 aromatic heterocycles. The molecule has 4 rings (SSSR count). The second-order valence-electron chi connectivity index (χ2n) is 11.1. The van der Waals surface area contributed by atoms with E-state index in [0.717, 1.165) is 44.1 Å². The highest BCUT2D eigenvalue weighted by Crippen LogP contribution is 2.40. The van der Waals surface area contributed by atoms with Gasteiger partial charge in [-0.3, -0.25) is 4.79 Å². The lowest BCUT2D eigenvalue weighted by Crippen LogP contribution is -2.44. The van der Waals surface area contributed by atoms with Crippen molar-refractivity contribution in [2.45, 2.75) is 62.0 Å². The first-order chi connectivity index (χ1) is 18.7. The van der Waals surface area contributed by atoms with E-state index < -0.39 is 10.0 Å². The molecule has 2 aliphatic rings. The second kappa shape index (κ2) is 13.8. The van der Waals surface area contributed by atoms with Crippen LogP contribution in [-0.2, 0) is 19.6 Å². The highest BCUT2D eigenvalue weighted by atomic mass is 32.2. The van der Waals surface area contributed by atoms with Crippen molar-refractivity contribution in [3.63, 3.8) is 0 Å². The molecular weight excluding hydrogens is 517 g/mol. The van der Waals surface area contributed by atoms with Gasteiger partial charge in [0.05, 0.1) is 11.0 Å². The minimum Gasteiger partial charge on any atom is -0.367 e. The Morgan fingerprint density at radius 1 is 1.05 bits per heavy atom. The summed E-state index contributed by atoms with van der Waals surface area (Å²) < 4.78 is 46.5. The first kappa shape index (κ1) is 29.6. The molecule has 1 saturated heterocycles. The van der Waals surface area contributed by atoms with Crippen LogP contribution < -0.4 is 5.32 Å². The van der Waals surface area contributed by atoms with E-state index in [-0.39, 0.29) is 41.9 Å². The lowest BCUT2D eigenvalue weighted by Gasteiger charge is -2.37. The number of nitrogens with one attached hydrogen (secondary N) is 1. The minimum atomic E-state index is -3.56. The zero-order chi connectivity index (χ0) is 27.8. The summed E-state index contributed by atoms with van der Waals surface area (Å²) in [4.78, 5) is 14.9. The number of nitrogens with zero attached hydrogens (tertiary/aromatic N) is 2. The fourth-order valence-electron chi connectivity index (χ4n) is 6.11. The highest BCUT2D eigenvalue weighted by Gasteiger charge is 2.32. The Morgan fingerprint density at radius 3 is 2.41 bits per heavy atom. The van der Waals surface area contributed by atoms with Crippen molar-refractivity contribution < 1.29 is 22.3 Å². The van der Waals surface area contributed by atoms with Gasteiger partial charge in [-0.2, -0.15) is 4.31 Å². The topological polar surface area (TPSA) is 79.0 Å². The SMILES string of the molecule is CN(C)C(c1ccc(F)cc1)C1CCC(CCNC(=O)COC2CCCN(S(=O)(=O)c3ccccc3)C2)CC1. The molecule has 214 valence electrons. The van der Waals surface area contributed by atoms with Crippen LogP contribution in [0.1, 0.15) is 56.6 Å². The Morgan fingerprint density at radius 2 is 1.74 bits per heavy atom. The molecule has 0 radical (unpaired) electrons. The van der Waals surface area contributed by atoms with Crippen LogP contribution in [0.5, 0.6) is 0 Å². The third-order valence-corrected chi connectivity index (χ3v) is 10.0. The van der Waals surface area contributed by atoms with Crippen LogP contribution in [0.4, 0.5) is 4.39 Å². The third-order valence-electron chi connectivity index (χ3n) is 8.15. The molecule has 39 heavy (non-hydrogen) atoms.